The van der Waals surface area contributed by atoms with E-state index in [1.807, 2.05) is 91.0 Å². The Morgan fingerprint density at radius 1 is 0.636 bits per heavy atom. The van der Waals surface area contributed by atoms with Crippen LogP contribution in [0.2, 0.25) is 0 Å². The van der Waals surface area contributed by atoms with Gasteiger partial charge in [-0.3, -0.25) is 0 Å². The Morgan fingerprint density at radius 3 is 2.00 bits per heavy atom. The van der Waals surface area contributed by atoms with Crippen LogP contribution < -0.4 is 4.74 Å². The maximum atomic E-state index is 10.5. The zero-order valence-corrected chi connectivity index (χ0v) is 25.5. The van der Waals surface area contributed by atoms with Crippen molar-refractivity contribution in [3.63, 3.8) is 0 Å². The van der Waals surface area contributed by atoms with Gasteiger partial charge in [-0.2, -0.15) is 0 Å². The number of ether oxygens (including phenoxy) is 1. The van der Waals surface area contributed by atoms with Gasteiger partial charge in [-0.1, -0.05) is 102 Å². The molecule has 0 saturated carbocycles. The van der Waals surface area contributed by atoms with Crippen LogP contribution in [0.4, 0.5) is 0 Å². The highest BCUT2D eigenvalue weighted by atomic mass is 79.9. The molecule has 0 unspecified atom stereocenters. The Balaban J connectivity index is 1.23. The summed E-state index contributed by atoms with van der Waals surface area (Å²) in [6.45, 7) is 8.60. The summed E-state index contributed by atoms with van der Waals surface area (Å²) < 4.78 is 6.94. The average Bonchev–Trinajstić information content (AvgIpc) is 3.03. The molecule has 218 valence electrons. The van der Waals surface area contributed by atoms with E-state index in [1.54, 1.807) is 36.4 Å². The number of allylic oxidation sites excluding steroid dienone is 4. The van der Waals surface area contributed by atoms with Crippen LogP contribution in [0.1, 0.15) is 27.8 Å². The van der Waals surface area contributed by atoms with E-state index in [4.69, 9.17) is 4.74 Å². The van der Waals surface area contributed by atoms with E-state index in [1.165, 1.54) is 0 Å². The number of phenolic OH excluding ortho intramolecular Hbond substituents is 3. The van der Waals surface area contributed by atoms with Crippen molar-refractivity contribution in [1.82, 2.24) is 0 Å². The second-order valence-corrected chi connectivity index (χ2v) is 11.2. The van der Waals surface area contributed by atoms with E-state index >= 15 is 0 Å². The molecule has 0 fully saturated rings. The Labute approximate surface area is 266 Å². The van der Waals surface area contributed by atoms with Crippen LogP contribution in [0.25, 0.3) is 34.4 Å². The van der Waals surface area contributed by atoms with Crippen LogP contribution in [0.5, 0.6) is 23.0 Å². The number of rotatable bonds is 10. The highest BCUT2D eigenvalue weighted by molar-refractivity contribution is 9.10. The van der Waals surface area contributed by atoms with Gasteiger partial charge in [0, 0.05) is 15.6 Å². The van der Waals surface area contributed by atoms with Crippen LogP contribution in [0.3, 0.4) is 0 Å². The molecule has 0 heterocycles. The molecular formula is C39H31BrO4. The van der Waals surface area contributed by atoms with Gasteiger partial charge in [0.2, 0.25) is 0 Å². The number of phenols is 3. The summed E-state index contributed by atoms with van der Waals surface area (Å²) in [6.07, 6.45) is 7.49. The van der Waals surface area contributed by atoms with Crippen LogP contribution >= 0.6 is 15.9 Å². The second kappa shape index (κ2) is 13.8. The third-order valence-electron chi connectivity index (χ3n) is 7.02. The van der Waals surface area contributed by atoms with Crippen molar-refractivity contribution in [2.75, 3.05) is 0 Å². The van der Waals surface area contributed by atoms with Crippen LogP contribution in [0, 0.1) is 0 Å². The smallest absolute Gasteiger partial charge is 0.123 e. The molecule has 44 heavy (non-hydrogen) atoms. The second-order valence-electron chi connectivity index (χ2n) is 10.3. The summed E-state index contributed by atoms with van der Waals surface area (Å²) in [5, 5.41) is 30.4. The van der Waals surface area contributed by atoms with Crippen molar-refractivity contribution in [2.45, 2.75) is 6.61 Å². The largest absolute Gasteiger partial charge is 0.508 e. The SMILES string of the molecule is C=C(/C=C/c1ccc(OCc2cccc(-c3ccc(O)c(C(=C)/C=C/c4cccc(O)c4)c3)c2)cc1)c1cc(Br)ccc1O. The molecule has 5 aromatic rings. The summed E-state index contributed by atoms with van der Waals surface area (Å²) in [6, 6.07) is 33.6. The third-order valence-corrected chi connectivity index (χ3v) is 7.51. The summed E-state index contributed by atoms with van der Waals surface area (Å²) in [5.74, 6) is 1.27. The predicted molar refractivity (Wildman–Crippen MR) is 184 cm³/mol. The van der Waals surface area contributed by atoms with E-state index in [0.717, 1.165) is 38.0 Å². The minimum absolute atomic E-state index is 0.146. The Bertz CT molecular complexity index is 1880. The molecule has 5 rings (SSSR count). The zero-order valence-electron chi connectivity index (χ0n) is 24.0. The zero-order chi connectivity index (χ0) is 31.1. The molecular weight excluding hydrogens is 612 g/mol. The van der Waals surface area contributed by atoms with Gasteiger partial charge in [0.15, 0.2) is 0 Å². The normalized spacial score (nSPS) is 11.2. The predicted octanol–water partition coefficient (Wildman–Crippen LogP) is 10.3. The first-order valence-corrected chi connectivity index (χ1v) is 14.7. The monoisotopic (exact) mass is 642 g/mol. The summed E-state index contributed by atoms with van der Waals surface area (Å²) in [4.78, 5) is 0. The number of benzene rings is 5. The first kappa shape index (κ1) is 30.2. The minimum Gasteiger partial charge on any atom is -0.508 e. The molecule has 4 nitrogen and oxygen atoms in total. The van der Waals surface area contributed by atoms with Crippen molar-refractivity contribution < 1.29 is 20.1 Å². The van der Waals surface area contributed by atoms with Gasteiger partial charge in [0.1, 0.15) is 29.6 Å². The molecule has 0 aliphatic heterocycles. The van der Waals surface area contributed by atoms with Gasteiger partial charge in [-0.05, 0) is 99.6 Å². The van der Waals surface area contributed by atoms with Crippen molar-refractivity contribution in [2.24, 2.45) is 0 Å². The fraction of sp³-hybridized carbons (Fsp3) is 0.0256. The molecule has 0 amide bonds. The molecule has 0 radical (unpaired) electrons. The summed E-state index contributed by atoms with van der Waals surface area (Å²) >= 11 is 3.43. The van der Waals surface area contributed by atoms with Crippen molar-refractivity contribution in [3.8, 4) is 34.1 Å². The summed E-state index contributed by atoms with van der Waals surface area (Å²) in [7, 11) is 0. The lowest BCUT2D eigenvalue weighted by Gasteiger charge is -2.11. The maximum Gasteiger partial charge on any atom is 0.123 e. The van der Waals surface area contributed by atoms with E-state index < -0.39 is 0 Å². The van der Waals surface area contributed by atoms with Gasteiger partial charge < -0.3 is 20.1 Å². The number of hydrogen-bond donors (Lipinski definition) is 3. The van der Waals surface area contributed by atoms with Gasteiger partial charge in [-0.25, -0.2) is 0 Å². The molecule has 0 aromatic heterocycles. The van der Waals surface area contributed by atoms with Crippen molar-refractivity contribution >= 4 is 39.2 Å². The lowest BCUT2D eigenvalue weighted by Crippen LogP contribution is -1.96. The highest BCUT2D eigenvalue weighted by Gasteiger charge is 2.08. The molecule has 3 N–H and O–H groups in total. The Hall–Kier alpha value is -5.26. The van der Waals surface area contributed by atoms with Crippen molar-refractivity contribution in [1.29, 1.82) is 0 Å². The Morgan fingerprint density at radius 2 is 1.27 bits per heavy atom. The van der Waals surface area contributed by atoms with Crippen LogP contribution in [-0.4, -0.2) is 15.3 Å². The highest BCUT2D eigenvalue weighted by Crippen LogP contribution is 2.32. The fourth-order valence-electron chi connectivity index (χ4n) is 4.62. The Kier molecular flexibility index (Phi) is 9.48. The molecule has 0 aliphatic rings. The third kappa shape index (κ3) is 7.77. The first-order chi connectivity index (χ1) is 21.2. The molecule has 5 aromatic carbocycles. The van der Waals surface area contributed by atoms with Crippen LogP contribution in [-0.2, 0) is 6.61 Å². The first-order valence-electron chi connectivity index (χ1n) is 13.9. The van der Waals surface area contributed by atoms with E-state index in [2.05, 4.69) is 35.2 Å². The standard InChI is InChI=1S/C39H31BrO4/c1-26(10-12-29-5-4-8-34(41)22-29)36-23-32(15-19-38(36)42)31-7-3-6-30(21-31)25-44-35-17-13-28(14-18-35)11-9-27(2)37-24-33(40)16-20-39(37)43/h3-24,41-43H,1-2,25H2/b11-9+,12-10+. The van der Waals surface area contributed by atoms with Crippen molar-refractivity contribution in [3.05, 3.63) is 167 Å². The van der Waals surface area contributed by atoms with Gasteiger partial charge in [0.25, 0.3) is 0 Å². The topological polar surface area (TPSA) is 69.9 Å². The molecule has 5 heteroatoms. The van der Waals surface area contributed by atoms with Gasteiger partial charge in [0.05, 0.1) is 0 Å². The van der Waals surface area contributed by atoms with Gasteiger partial charge in [-0.15, -0.1) is 0 Å². The van der Waals surface area contributed by atoms with E-state index in [9.17, 15) is 15.3 Å². The lowest BCUT2D eigenvalue weighted by molar-refractivity contribution is 0.306. The number of aromatic hydroxyl groups is 3. The van der Waals surface area contributed by atoms with Gasteiger partial charge >= 0.3 is 0 Å². The maximum absolute atomic E-state index is 10.5. The summed E-state index contributed by atoms with van der Waals surface area (Å²) in [5.41, 5.74) is 7.43. The van der Waals surface area contributed by atoms with Crippen LogP contribution in [0.15, 0.2) is 139 Å². The molecule has 0 aliphatic carbocycles. The fourth-order valence-corrected chi connectivity index (χ4v) is 4.98. The van der Waals surface area contributed by atoms with E-state index in [0.29, 0.717) is 28.9 Å². The molecule has 0 spiro atoms. The number of hydrogen-bond acceptors (Lipinski definition) is 4. The molecule has 0 atom stereocenters. The average molecular weight is 644 g/mol. The van der Waals surface area contributed by atoms with E-state index in [-0.39, 0.29) is 17.2 Å². The minimum atomic E-state index is 0.146. The molecule has 0 bridgehead atoms. The quantitative estimate of drug-likeness (QED) is 0.133. The molecule has 0 saturated heterocycles. The number of halogens is 1. The lowest BCUT2D eigenvalue weighted by atomic mass is 9.97.